The molecule has 24 heavy (non-hydrogen) atoms. The Morgan fingerprint density at radius 2 is 1.79 bits per heavy atom. The predicted octanol–water partition coefficient (Wildman–Crippen LogP) is 2.32. The summed E-state index contributed by atoms with van der Waals surface area (Å²) in [4.78, 5) is -0.389. The summed E-state index contributed by atoms with van der Waals surface area (Å²) in [6.07, 6.45) is -3.14. The van der Waals surface area contributed by atoms with Crippen molar-refractivity contribution in [3.05, 3.63) is 29.8 Å². The zero-order chi connectivity index (χ0) is 17.4. The second kappa shape index (κ2) is 6.62. The van der Waals surface area contributed by atoms with Gasteiger partial charge in [0.05, 0.1) is 35.9 Å². The van der Waals surface area contributed by atoms with Crippen molar-refractivity contribution in [3.63, 3.8) is 0 Å². The van der Waals surface area contributed by atoms with Crippen LogP contribution in [0.15, 0.2) is 29.2 Å². The summed E-state index contributed by atoms with van der Waals surface area (Å²) >= 11 is 0. The van der Waals surface area contributed by atoms with Crippen LogP contribution < -0.4 is 4.72 Å². The number of fused-ring (bicyclic) bond motifs is 1. The third-order valence-corrected chi connectivity index (χ3v) is 5.79. The molecule has 1 aliphatic heterocycles. The number of halogens is 3. The van der Waals surface area contributed by atoms with Crippen LogP contribution in [0.2, 0.25) is 0 Å². The molecule has 134 valence electrons. The summed E-state index contributed by atoms with van der Waals surface area (Å²) in [7, 11) is -4.03. The quantitative estimate of drug-likeness (QED) is 0.893. The standard InChI is InChI=1S/C15H18F3NO4S/c16-15(17,18)10-2-1-3-12(8-10)24(20,21)19-11-4-5-13-14(9-11)23-7-6-22-13/h1-3,8,11,13-14,19H,4-7,9H2. The molecule has 1 aliphatic carbocycles. The normalized spacial score (nSPS) is 28.4. The van der Waals surface area contributed by atoms with Crippen LogP contribution in [-0.2, 0) is 25.7 Å². The van der Waals surface area contributed by atoms with E-state index in [4.69, 9.17) is 9.47 Å². The summed E-state index contributed by atoms with van der Waals surface area (Å²) in [6.45, 7) is 0.996. The number of ether oxygens (including phenoxy) is 2. The molecule has 0 spiro atoms. The molecule has 3 rings (SSSR count). The van der Waals surface area contributed by atoms with Crippen LogP contribution >= 0.6 is 0 Å². The van der Waals surface area contributed by atoms with Gasteiger partial charge < -0.3 is 9.47 Å². The summed E-state index contributed by atoms with van der Waals surface area (Å²) in [6, 6.07) is 3.36. The second-order valence-corrected chi connectivity index (χ2v) is 7.69. The Balaban J connectivity index is 1.72. The first-order valence-electron chi connectivity index (χ1n) is 7.68. The van der Waals surface area contributed by atoms with Crippen molar-refractivity contribution in [2.45, 2.75) is 48.6 Å². The fraction of sp³-hybridized carbons (Fsp3) is 0.600. The fourth-order valence-corrected chi connectivity index (χ4v) is 4.43. The van der Waals surface area contributed by atoms with E-state index < -0.39 is 21.8 Å². The van der Waals surface area contributed by atoms with Crippen molar-refractivity contribution in [2.75, 3.05) is 13.2 Å². The van der Waals surface area contributed by atoms with Crippen LogP contribution in [0.5, 0.6) is 0 Å². The largest absolute Gasteiger partial charge is 0.416 e. The van der Waals surface area contributed by atoms with Gasteiger partial charge in [-0.15, -0.1) is 0 Å². The number of hydrogen-bond donors (Lipinski definition) is 1. The first kappa shape index (κ1) is 17.7. The molecule has 3 atom stereocenters. The van der Waals surface area contributed by atoms with Crippen molar-refractivity contribution in [1.29, 1.82) is 0 Å². The number of alkyl halides is 3. The molecule has 2 aliphatic rings. The molecule has 1 N–H and O–H groups in total. The Labute approximate surface area is 138 Å². The van der Waals surface area contributed by atoms with Crippen LogP contribution in [0.1, 0.15) is 24.8 Å². The maximum Gasteiger partial charge on any atom is 0.416 e. The van der Waals surface area contributed by atoms with Gasteiger partial charge in [0.15, 0.2) is 0 Å². The highest BCUT2D eigenvalue weighted by Crippen LogP contribution is 2.31. The van der Waals surface area contributed by atoms with Crippen LogP contribution in [0, 0.1) is 0 Å². The van der Waals surface area contributed by atoms with E-state index in [2.05, 4.69) is 4.72 Å². The minimum Gasteiger partial charge on any atom is -0.373 e. The summed E-state index contributed by atoms with van der Waals surface area (Å²) in [5, 5.41) is 0. The molecule has 1 aromatic rings. The van der Waals surface area contributed by atoms with E-state index in [0.717, 1.165) is 18.2 Å². The molecular formula is C15H18F3NO4S. The maximum atomic E-state index is 12.8. The highest BCUT2D eigenvalue weighted by molar-refractivity contribution is 7.89. The van der Waals surface area contributed by atoms with Gasteiger partial charge in [-0.1, -0.05) is 6.07 Å². The summed E-state index contributed by atoms with van der Waals surface area (Å²) in [5.41, 5.74) is -0.988. The van der Waals surface area contributed by atoms with Crippen molar-refractivity contribution < 1.29 is 31.1 Å². The Bertz CT molecular complexity index is 692. The summed E-state index contributed by atoms with van der Waals surface area (Å²) in [5.74, 6) is 0. The molecule has 1 heterocycles. The number of hydrogen-bond acceptors (Lipinski definition) is 4. The minimum atomic E-state index is -4.59. The van der Waals surface area contributed by atoms with Crippen LogP contribution in [-0.4, -0.2) is 39.9 Å². The van der Waals surface area contributed by atoms with Crippen LogP contribution in [0.25, 0.3) is 0 Å². The van der Waals surface area contributed by atoms with Gasteiger partial charge >= 0.3 is 6.18 Å². The fourth-order valence-electron chi connectivity index (χ4n) is 3.10. The van der Waals surface area contributed by atoms with E-state index in [1.807, 2.05) is 0 Å². The van der Waals surface area contributed by atoms with Crippen LogP contribution in [0.3, 0.4) is 0 Å². The van der Waals surface area contributed by atoms with Gasteiger partial charge in [-0.25, -0.2) is 13.1 Å². The highest BCUT2D eigenvalue weighted by atomic mass is 32.2. The Hall–Kier alpha value is -1.16. The Morgan fingerprint density at radius 1 is 1.08 bits per heavy atom. The number of rotatable bonds is 3. The third-order valence-electron chi connectivity index (χ3n) is 4.27. The Kier molecular flexibility index (Phi) is 4.87. The predicted molar refractivity (Wildman–Crippen MR) is 78.9 cm³/mol. The van der Waals surface area contributed by atoms with Gasteiger partial charge in [-0.05, 0) is 37.5 Å². The lowest BCUT2D eigenvalue weighted by atomic mass is 9.90. The molecule has 3 unspecified atom stereocenters. The third kappa shape index (κ3) is 3.90. The average molecular weight is 365 g/mol. The number of sulfonamides is 1. The van der Waals surface area contributed by atoms with E-state index in [0.29, 0.717) is 38.5 Å². The zero-order valence-electron chi connectivity index (χ0n) is 12.8. The molecule has 2 fully saturated rings. The SMILES string of the molecule is O=S(=O)(NC1CCC2OCCOC2C1)c1cccc(C(F)(F)F)c1. The van der Waals surface area contributed by atoms with Crippen molar-refractivity contribution >= 4 is 10.0 Å². The maximum absolute atomic E-state index is 12.8. The van der Waals surface area contributed by atoms with Gasteiger partial charge in [-0.3, -0.25) is 0 Å². The molecule has 9 heteroatoms. The molecule has 0 amide bonds. The monoisotopic (exact) mass is 365 g/mol. The summed E-state index contributed by atoms with van der Waals surface area (Å²) < 4.78 is 76.7. The van der Waals surface area contributed by atoms with Gasteiger partial charge in [0.25, 0.3) is 0 Å². The Morgan fingerprint density at radius 3 is 2.50 bits per heavy atom. The number of benzene rings is 1. The van der Waals surface area contributed by atoms with Gasteiger partial charge in [0, 0.05) is 6.04 Å². The lowest BCUT2D eigenvalue weighted by Crippen LogP contribution is -2.49. The molecule has 1 saturated carbocycles. The molecular weight excluding hydrogens is 347 g/mol. The van der Waals surface area contributed by atoms with Crippen molar-refractivity contribution in [2.24, 2.45) is 0 Å². The first-order chi connectivity index (χ1) is 11.3. The molecule has 0 bridgehead atoms. The van der Waals surface area contributed by atoms with Crippen LogP contribution in [0.4, 0.5) is 13.2 Å². The van der Waals surface area contributed by atoms with Gasteiger partial charge in [-0.2, -0.15) is 13.2 Å². The van der Waals surface area contributed by atoms with Crippen molar-refractivity contribution in [1.82, 2.24) is 4.72 Å². The molecule has 1 saturated heterocycles. The highest BCUT2D eigenvalue weighted by Gasteiger charge is 2.36. The molecule has 0 aromatic heterocycles. The molecule has 5 nitrogen and oxygen atoms in total. The average Bonchev–Trinajstić information content (AvgIpc) is 2.54. The van der Waals surface area contributed by atoms with Gasteiger partial charge in [0.1, 0.15) is 0 Å². The molecule has 0 radical (unpaired) electrons. The van der Waals surface area contributed by atoms with E-state index >= 15 is 0 Å². The van der Waals surface area contributed by atoms with E-state index in [-0.39, 0.29) is 23.1 Å². The van der Waals surface area contributed by atoms with E-state index in [1.165, 1.54) is 0 Å². The first-order valence-corrected chi connectivity index (χ1v) is 9.17. The topological polar surface area (TPSA) is 64.6 Å². The van der Waals surface area contributed by atoms with Gasteiger partial charge in [0.2, 0.25) is 10.0 Å². The zero-order valence-corrected chi connectivity index (χ0v) is 13.6. The van der Waals surface area contributed by atoms with E-state index in [1.54, 1.807) is 0 Å². The lowest BCUT2D eigenvalue weighted by Gasteiger charge is -2.38. The molecule has 1 aromatic carbocycles. The number of nitrogens with one attached hydrogen (secondary N) is 1. The second-order valence-electron chi connectivity index (χ2n) is 5.98. The van der Waals surface area contributed by atoms with Crippen molar-refractivity contribution in [3.8, 4) is 0 Å². The smallest absolute Gasteiger partial charge is 0.373 e. The van der Waals surface area contributed by atoms with E-state index in [9.17, 15) is 21.6 Å². The minimum absolute atomic E-state index is 0.0342. The lowest BCUT2D eigenvalue weighted by molar-refractivity contribution is -0.156.